The van der Waals surface area contributed by atoms with Gasteiger partial charge in [-0.25, -0.2) is 0 Å². The number of alkyl halides is 1. The van der Waals surface area contributed by atoms with Gasteiger partial charge in [-0.05, 0) is 54.4 Å². The molecule has 1 aromatic carbocycles. The van der Waals surface area contributed by atoms with E-state index in [0.717, 1.165) is 0 Å². The lowest BCUT2D eigenvalue weighted by atomic mass is 10.0. The zero-order valence-corrected chi connectivity index (χ0v) is 12.8. The van der Waals surface area contributed by atoms with Crippen molar-refractivity contribution in [3.63, 3.8) is 0 Å². The predicted molar refractivity (Wildman–Crippen MR) is 76.0 cm³/mol. The summed E-state index contributed by atoms with van der Waals surface area (Å²) < 4.78 is 0.684. The quantitative estimate of drug-likeness (QED) is 0.817. The van der Waals surface area contributed by atoms with Gasteiger partial charge < -0.3 is 5.32 Å². The van der Waals surface area contributed by atoms with Gasteiger partial charge in [-0.3, -0.25) is 4.79 Å². The van der Waals surface area contributed by atoms with Crippen molar-refractivity contribution >= 4 is 45.0 Å². The average molecular weight is 339 g/mol. The van der Waals surface area contributed by atoms with Crippen molar-refractivity contribution in [2.45, 2.75) is 25.8 Å². The summed E-state index contributed by atoms with van der Waals surface area (Å²) in [7, 11) is 0. The molecule has 0 radical (unpaired) electrons. The molecule has 0 aliphatic rings. The first-order valence-corrected chi connectivity index (χ1v) is 6.90. The fraction of sp³-hybridized carbons (Fsp3) is 0.417. The zero-order chi connectivity index (χ0) is 13.1. The molecule has 1 rings (SSSR count). The summed E-state index contributed by atoms with van der Waals surface area (Å²) in [6.45, 7) is 3.88. The number of carbonyl (C=O) groups is 1. The van der Waals surface area contributed by atoms with E-state index in [-0.39, 0.29) is 11.4 Å². The maximum absolute atomic E-state index is 12.0. The highest BCUT2D eigenvalue weighted by molar-refractivity contribution is 9.10. The number of carbonyl (C=O) groups excluding carboxylic acids is 1. The molecular weight excluding hydrogens is 325 g/mol. The third-order valence-corrected chi connectivity index (χ3v) is 3.43. The lowest BCUT2D eigenvalue weighted by molar-refractivity contribution is 0.0911. The molecule has 0 saturated heterocycles. The lowest BCUT2D eigenvalue weighted by Gasteiger charge is -2.25. The Balaban J connectivity index is 2.83. The molecule has 94 valence electrons. The highest BCUT2D eigenvalue weighted by Gasteiger charge is 2.21. The van der Waals surface area contributed by atoms with Gasteiger partial charge in [-0.2, -0.15) is 0 Å². The molecule has 1 aromatic rings. The number of hydrogen-bond acceptors (Lipinski definition) is 1. The van der Waals surface area contributed by atoms with Gasteiger partial charge in [0.15, 0.2) is 0 Å². The van der Waals surface area contributed by atoms with E-state index in [9.17, 15) is 4.79 Å². The van der Waals surface area contributed by atoms with Gasteiger partial charge in [-0.1, -0.05) is 11.6 Å². The second-order valence-corrected chi connectivity index (χ2v) is 6.07. The van der Waals surface area contributed by atoms with Crippen LogP contribution in [0.15, 0.2) is 22.7 Å². The molecule has 2 nitrogen and oxygen atoms in total. The number of hydrogen-bond donors (Lipinski definition) is 1. The topological polar surface area (TPSA) is 29.1 Å². The van der Waals surface area contributed by atoms with Crippen LogP contribution in [0, 0.1) is 0 Å². The zero-order valence-electron chi connectivity index (χ0n) is 9.69. The highest BCUT2D eigenvalue weighted by Crippen LogP contribution is 2.22. The fourth-order valence-corrected chi connectivity index (χ4v) is 2.68. The van der Waals surface area contributed by atoms with Crippen molar-refractivity contribution < 1.29 is 4.79 Å². The Morgan fingerprint density at radius 2 is 2.12 bits per heavy atom. The van der Waals surface area contributed by atoms with Gasteiger partial charge in [0.1, 0.15) is 0 Å². The molecule has 1 amide bonds. The van der Waals surface area contributed by atoms with Crippen LogP contribution in [0.1, 0.15) is 30.6 Å². The SMILES string of the molecule is CC(C)(CCCl)NC(=O)c1ccc(Cl)cc1Br. The second kappa shape index (κ2) is 6.07. The molecule has 0 aliphatic carbocycles. The Labute approximate surface area is 120 Å². The summed E-state index contributed by atoms with van der Waals surface area (Å²) in [4.78, 5) is 12.0. The minimum atomic E-state index is -0.322. The molecule has 0 fully saturated rings. The van der Waals surface area contributed by atoms with E-state index in [1.54, 1.807) is 18.2 Å². The summed E-state index contributed by atoms with van der Waals surface area (Å²) in [6.07, 6.45) is 0.714. The molecule has 5 heteroatoms. The largest absolute Gasteiger partial charge is 0.347 e. The molecule has 0 bridgehead atoms. The summed E-state index contributed by atoms with van der Waals surface area (Å²) in [5, 5.41) is 3.53. The highest BCUT2D eigenvalue weighted by atomic mass is 79.9. The van der Waals surface area contributed by atoms with Crippen LogP contribution < -0.4 is 5.32 Å². The molecule has 0 unspecified atom stereocenters. The maximum atomic E-state index is 12.0. The Morgan fingerprint density at radius 1 is 1.47 bits per heavy atom. The van der Waals surface area contributed by atoms with Crippen molar-refractivity contribution in [2.75, 3.05) is 5.88 Å². The maximum Gasteiger partial charge on any atom is 0.252 e. The first kappa shape index (κ1) is 14.8. The van der Waals surface area contributed by atoms with Crippen LogP contribution in [-0.2, 0) is 0 Å². The monoisotopic (exact) mass is 337 g/mol. The smallest absolute Gasteiger partial charge is 0.252 e. The Bertz CT molecular complexity index is 421. The Kier molecular flexibility index (Phi) is 5.29. The van der Waals surface area contributed by atoms with Crippen LogP contribution in [0.4, 0.5) is 0 Å². The molecular formula is C12H14BrCl2NO. The minimum Gasteiger partial charge on any atom is -0.347 e. The standard InChI is InChI=1S/C12H14BrCl2NO/c1-12(2,5-6-14)16-11(17)9-4-3-8(15)7-10(9)13/h3-4,7H,5-6H2,1-2H3,(H,16,17). The summed E-state index contributed by atoms with van der Waals surface area (Å²) in [5.41, 5.74) is 0.245. The molecule has 1 N–H and O–H groups in total. The molecule has 0 atom stereocenters. The summed E-state index contributed by atoms with van der Waals surface area (Å²) in [5.74, 6) is 0.373. The normalized spacial score (nSPS) is 11.4. The molecule has 0 spiro atoms. The number of halogens is 3. The number of nitrogens with one attached hydrogen (secondary N) is 1. The van der Waals surface area contributed by atoms with Crippen molar-refractivity contribution in [3.8, 4) is 0 Å². The summed E-state index contributed by atoms with van der Waals surface area (Å²) in [6, 6.07) is 5.08. The molecule has 0 aliphatic heterocycles. The van der Waals surface area contributed by atoms with Crippen LogP contribution in [0.2, 0.25) is 5.02 Å². The van der Waals surface area contributed by atoms with Gasteiger partial charge in [-0.15, -0.1) is 11.6 Å². The molecule has 0 aromatic heterocycles. The molecule has 0 saturated carbocycles. The van der Waals surface area contributed by atoms with E-state index in [1.165, 1.54) is 0 Å². The fourth-order valence-electron chi connectivity index (χ4n) is 1.35. The third-order valence-electron chi connectivity index (χ3n) is 2.35. The Morgan fingerprint density at radius 3 is 2.65 bits per heavy atom. The number of amides is 1. The minimum absolute atomic E-state index is 0.136. The van der Waals surface area contributed by atoms with Crippen LogP contribution in [0.3, 0.4) is 0 Å². The predicted octanol–water partition coefficient (Wildman–Crippen LogP) is 4.24. The first-order chi connectivity index (χ1) is 7.85. The molecule has 17 heavy (non-hydrogen) atoms. The van der Waals surface area contributed by atoms with E-state index < -0.39 is 0 Å². The van der Waals surface area contributed by atoms with E-state index in [2.05, 4.69) is 21.2 Å². The molecule has 0 heterocycles. The van der Waals surface area contributed by atoms with Gasteiger partial charge in [0, 0.05) is 20.9 Å². The van der Waals surface area contributed by atoms with E-state index in [1.807, 2.05) is 13.8 Å². The van der Waals surface area contributed by atoms with Crippen molar-refractivity contribution in [3.05, 3.63) is 33.3 Å². The number of rotatable bonds is 4. The van der Waals surface area contributed by atoms with E-state index >= 15 is 0 Å². The van der Waals surface area contributed by atoms with Gasteiger partial charge in [0.2, 0.25) is 0 Å². The first-order valence-electron chi connectivity index (χ1n) is 5.19. The van der Waals surface area contributed by atoms with Crippen molar-refractivity contribution in [1.29, 1.82) is 0 Å². The summed E-state index contributed by atoms with van der Waals surface area (Å²) >= 11 is 14.8. The van der Waals surface area contributed by atoms with Crippen LogP contribution in [0.25, 0.3) is 0 Å². The van der Waals surface area contributed by atoms with Gasteiger partial charge in [0.05, 0.1) is 5.56 Å². The lowest BCUT2D eigenvalue weighted by Crippen LogP contribution is -2.43. The van der Waals surface area contributed by atoms with Gasteiger partial charge in [0.25, 0.3) is 5.91 Å². The number of benzene rings is 1. The van der Waals surface area contributed by atoms with Crippen molar-refractivity contribution in [1.82, 2.24) is 5.32 Å². The second-order valence-electron chi connectivity index (χ2n) is 4.40. The van der Waals surface area contributed by atoms with Gasteiger partial charge >= 0.3 is 0 Å². The van der Waals surface area contributed by atoms with Crippen LogP contribution >= 0.6 is 39.1 Å². The van der Waals surface area contributed by atoms with Crippen LogP contribution in [-0.4, -0.2) is 17.3 Å². The van der Waals surface area contributed by atoms with E-state index in [0.29, 0.717) is 27.4 Å². The Hall–Kier alpha value is -0.250. The van der Waals surface area contributed by atoms with Crippen molar-refractivity contribution in [2.24, 2.45) is 0 Å². The third kappa shape index (κ3) is 4.49. The average Bonchev–Trinajstić information content (AvgIpc) is 2.15. The van der Waals surface area contributed by atoms with Crippen LogP contribution in [0.5, 0.6) is 0 Å². The van der Waals surface area contributed by atoms with E-state index in [4.69, 9.17) is 23.2 Å².